The smallest absolute Gasteiger partial charge is 0.345 e. The van der Waals surface area contributed by atoms with E-state index in [0.29, 0.717) is 28.4 Å². The lowest BCUT2D eigenvalue weighted by molar-refractivity contribution is -0.161. The summed E-state index contributed by atoms with van der Waals surface area (Å²) in [4.78, 5) is 0. The van der Waals surface area contributed by atoms with Gasteiger partial charge in [0.2, 0.25) is 5.90 Å². The van der Waals surface area contributed by atoms with E-state index in [2.05, 4.69) is 20.7 Å². The van der Waals surface area contributed by atoms with Crippen LogP contribution in [0.3, 0.4) is 0 Å². The maximum atomic E-state index is 12.1. The number of alkyl halides is 2. The molecule has 126 valence electrons. The Bertz CT molecular complexity index is 600. The van der Waals surface area contributed by atoms with Gasteiger partial charge in [-0.3, -0.25) is 5.41 Å². The summed E-state index contributed by atoms with van der Waals surface area (Å²) in [5.41, 5.74) is -0.0409. The first-order valence-corrected chi connectivity index (χ1v) is 7.85. The van der Waals surface area contributed by atoms with E-state index in [1.165, 1.54) is 0 Å². The van der Waals surface area contributed by atoms with Crippen molar-refractivity contribution in [3.05, 3.63) is 33.8 Å². The average molecular weight is 389 g/mol. The highest BCUT2D eigenvalue weighted by molar-refractivity contribution is 9.10. The molecule has 1 unspecified atom stereocenters. The molecule has 0 bridgehead atoms. The van der Waals surface area contributed by atoms with Crippen LogP contribution in [0, 0.1) is 16.7 Å². The molecular formula is C16H19BrF2N2O2. The summed E-state index contributed by atoms with van der Waals surface area (Å²) in [7, 11) is 0. The molecule has 0 aliphatic heterocycles. The Hall–Kier alpha value is -1.52. The molecule has 7 heteroatoms. The highest BCUT2D eigenvalue weighted by Crippen LogP contribution is 2.25. The molecule has 1 rings (SSSR count). The van der Waals surface area contributed by atoms with Gasteiger partial charge in [-0.05, 0) is 61.7 Å². The molecule has 0 aromatic heterocycles. The number of hydrogen-bond acceptors (Lipinski definition) is 4. The van der Waals surface area contributed by atoms with Crippen LogP contribution in [0.4, 0.5) is 8.78 Å². The van der Waals surface area contributed by atoms with Gasteiger partial charge in [-0.15, -0.1) is 0 Å². The summed E-state index contributed by atoms with van der Waals surface area (Å²) >= 11 is 3.27. The number of nitrogens with one attached hydrogen (secondary N) is 1. The third-order valence-corrected chi connectivity index (χ3v) is 3.90. The van der Waals surface area contributed by atoms with Crippen molar-refractivity contribution in [2.75, 3.05) is 0 Å². The minimum Gasteiger partial charge on any atom is -0.472 e. The van der Waals surface area contributed by atoms with Gasteiger partial charge in [-0.2, -0.15) is 14.0 Å². The van der Waals surface area contributed by atoms with Crippen LogP contribution in [-0.4, -0.2) is 24.2 Å². The summed E-state index contributed by atoms with van der Waals surface area (Å²) < 4.78 is 34.9. The van der Waals surface area contributed by atoms with Crippen LogP contribution >= 0.6 is 15.9 Å². The van der Waals surface area contributed by atoms with Gasteiger partial charge in [0, 0.05) is 4.47 Å². The van der Waals surface area contributed by atoms with Crippen LogP contribution < -0.4 is 0 Å². The summed E-state index contributed by atoms with van der Waals surface area (Å²) in [6, 6.07) is 7.08. The van der Waals surface area contributed by atoms with Gasteiger partial charge >= 0.3 is 6.61 Å². The standard InChI is InChI=1S/C16H19BrF2N2O2/c1-10(22-15(18)19)7-8-16(2,3)23-14(21)11-5-4-6-13(17)12(11)9-20/h4-6,10,15,21H,7-8H2,1-3H3. The molecule has 0 fully saturated rings. The fourth-order valence-electron chi connectivity index (χ4n) is 2.00. The lowest BCUT2D eigenvalue weighted by Gasteiger charge is -2.28. The van der Waals surface area contributed by atoms with Gasteiger partial charge in [0.1, 0.15) is 11.7 Å². The second-order valence-corrected chi connectivity index (χ2v) is 6.57. The van der Waals surface area contributed by atoms with E-state index < -0.39 is 18.3 Å². The zero-order valence-electron chi connectivity index (χ0n) is 13.2. The number of hydrogen-bond donors (Lipinski definition) is 1. The first kappa shape index (κ1) is 19.5. The lowest BCUT2D eigenvalue weighted by atomic mass is 10.00. The van der Waals surface area contributed by atoms with E-state index >= 15 is 0 Å². The minimum absolute atomic E-state index is 0.129. The number of nitriles is 1. The molecule has 1 N–H and O–H groups in total. The summed E-state index contributed by atoms with van der Waals surface area (Å²) in [6.45, 7) is 2.30. The Morgan fingerprint density at radius 2 is 2.09 bits per heavy atom. The van der Waals surface area contributed by atoms with Crippen LogP contribution in [0.25, 0.3) is 0 Å². The summed E-state index contributed by atoms with van der Waals surface area (Å²) in [6.07, 6.45) is 0.195. The topological polar surface area (TPSA) is 66.1 Å². The molecule has 0 amide bonds. The highest BCUT2D eigenvalue weighted by atomic mass is 79.9. The predicted octanol–water partition coefficient (Wildman–Crippen LogP) is 4.85. The fraction of sp³-hybridized carbons (Fsp3) is 0.500. The zero-order chi connectivity index (χ0) is 17.6. The number of nitrogens with zero attached hydrogens (tertiary/aromatic N) is 1. The number of benzene rings is 1. The van der Waals surface area contributed by atoms with Gasteiger partial charge in [0.05, 0.1) is 17.2 Å². The van der Waals surface area contributed by atoms with Gasteiger partial charge in [-0.1, -0.05) is 6.07 Å². The molecule has 0 spiro atoms. The quantitative estimate of drug-likeness (QED) is 0.536. The molecule has 0 aliphatic rings. The Morgan fingerprint density at radius 1 is 1.43 bits per heavy atom. The van der Waals surface area contributed by atoms with Crippen molar-refractivity contribution in [2.24, 2.45) is 0 Å². The molecule has 1 aromatic rings. The lowest BCUT2D eigenvalue weighted by Crippen LogP contribution is -2.30. The predicted molar refractivity (Wildman–Crippen MR) is 86.6 cm³/mol. The van der Waals surface area contributed by atoms with Crippen LogP contribution in [0.5, 0.6) is 0 Å². The molecule has 0 saturated carbocycles. The third kappa shape index (κ3) is 6.24. The zero-order valence-corrected chi connectivity index (χ0v) is 14.8. The van der Waals surface area contributed by atoms with E-state index in [4.69, 9.17) is 10.1 Å². The molecule has 1 aromatic carbocycles. The molecular weight excluding hydrogens is 370 g/mol. The molecule has 0 radical (unpaired) electrons. The summed E-state index contributed by atoms with van der Waals surface area (Å²) in [5.74, 6) is -0.129. The van der Waals surface area contributed by atoms with Crippen molar-refractivity contribution in [2.45, 2.75) is 51.9 Å². The van der Waals surface area contributed by atoms with Crippen LogP contribution in [-0.2, 0) is 9.47 Å². The normalized spacial score (nSPS) is 12.8. The van der Waals surface area contributed by atoms with E-state index in [-0.39, 0.29) is 5.90 Å². The van der Waals surface area contributed by atoms with Crippen molar-refractivity contribution in [3.63, 3.8) is 0 Å². The molecule has 1 atom stereocenters. The molecule has 23 heavy (non-hydrogen) atoms. The molecule has 0 heterocycles. The fourth-order valence-corrected chi connectivity index (χ4v) is 2.46. The maximum absolute atomic E-state index is 12.1. The monoisotopic (exact) mass is 388 g/mol. The van der Waals surface area contributed by atoms with Crippen LogP contribution in [0.1, 0.15) is 44.7 Å². The van der Waals surface area contributed by atoms with Crippen molar-refractivity contribution in [1.82, 2.24) is 0 Å². The Morgan fingerprint density at radius 3 is 2.65 bits per heavy atom. The summed E-state index contributed by atoms with van der Waals surface area (Å²) in [5, 5.41) is 17.3. The highest BCUT2D eigenvalue weighted by Gasteiger charge is 2.25. The average Bonchev–Trinajstić information content (AvgIpc) is 2.44. The Balaban J connectivity index is 2.72. The first-order chi connectivity index (χ1) is 10.7. The van der Waals surface area contributed by atoms with E-state index in [0.717, 1.165) is 0 Å². The molecule has 0 saturated heterocycles. The van der Waals surface area contributed by atoms with Gasteiger partial charge < -0.3 is 9.47 Å². The Labute approximate surface area is 143 Å². The van der Waals surface area contributed by atoms with Gasteiger partial charge in [0.15, 0.2) is 0 Å². The first-order valence-electron chi connectivity index (χ1n) is 7.06. The van der Waals surface area contributed by atoms with Crippen molar-refractivity contribution in [3.8, 4) is 6.07 Å². The molecule has 4 nitrogen and oxygen atoms in total. The number of rotatable bonds is 7. The van der Waals surface area contributed by atoms with E-state index in [9.17, 15) is 14.0 Å². The Kier molecular flexibility index (Phi) is 7.10. The second kappa shape index (κ2) is 8.37. The third-order valence-electron chi connectivity index (χ3n) is 3.24. The second-order valence-electron chi connectivity index (χ2n) is 5.71. The van der Waals surface area contributed by atoms with E-state index in [1.807, 2.05) is 6.07 Å². The van der Waals surface area contributed by atoms with Crippen molar-refractivity contribution < 1.29 is 18.3 Å². The number of ether oxygens (including phenoxy) is 2. The van der Waals surface area contributed by atoms with E-state index in [1.54, 1.807) is 39.0 Å². The number of halogens is 3. The van der Waals surface area contributed by atoms with Crippen molar-refractivity contribution >= 4 is 21.8 Å². The van der Waals surface area contributed by atoms with Gasteiger partial charge in [-0.25, -0.2) is 0 Å². The van der Waals surface area contributed by atoms with Gasteiger partial charge in [0.25, 0.3) is 0 Å². The SMILES string of the molecule is CC(CCC(C)(C)OC(=N)c1cccc(Br)c1C#N)OC(F)F. The van der Waals surface area contributed by atoms with Crippen LogP contribution in [0.2, 0.25) is 0 Å². The van der Waals surface area contributed by atoms with Crippen LogP contribution in [0.15, 0.2) is 22.7 Å². The molecule has 0 aliphatic carbocycles. The maximum Gasteiger partial charge on any atom is 0.345 e. The minimum atomic E-state index is -2.80. The van der Waals surface area contributed by atoms with Crippen molar-refractivity contribution in [1.29, 1.82) is 10.7 Å². The largest absolute Gasteiger partial charge is 0.472 e.